The van der Waals surface area contributed by atoms with Crippen LogP contribution in [-0.4, -0.2) is 49.1 Å². The zero-order valence-electron chi connectivity index (χ0n) is 17.1. The van der Waals surface area contributed by atoms with Crippen molar-refractivity contribution in [3.63, 3.8) is 0 Å². The van der Waals surface area contributed by atoms with Crippen LogP contribution in [0.5, 0.6) is 0 Å². The largest absolute Gasteiger partial charge is 0.334 e. The molecule has 0 aliphatic carbocycles. The molecule has 0 saturated carbocycles. The Morgan fingerprint density at radius 2 is 1.75 bits per heavy atom. The maximum Gasteiger partial charge on any atom is 0.280 e. The van der Waals surface area contributed by atoms with E-state index in [0.717, 1.165) is 21.0 Å². The molecule has 0 fully saturated rings. The highest BCUT2D eigenvalue weighted by atomic mass is 32.2. The van der Waals surface area contributed by atoms with Crippen LogP contribution in [0.15, 0.2) is 59.5 Å². The predicted octanol–water partition coefficient (Wildman–Crippen LogP) is 2.30. The Morgan fingerprint density at radius 1 is 1.11 bits per heavy atom. The lowest BCUT2D eigenvalue weighted by Gasteiger charge is -2.27. The van der Waals surface area contributed by atoms with Gasteiger partial charge in [0.2, 0.25) is 0 Å². The number of hydrogen-bond acceptors (Lipinski definition) is 3. The number of nitrogens with zero attached hydrogens (tertiary/aromatic N) is 1. The highest BCUT2D eigenvalue weighted by molar-refractivity contribution is 7.98. The van der Waals surface area contributed by atoms with Crippen LogP contribution >= 0.6 is 11.8 Å². The average molecular weight is 401 g/mol. The summed E-state index contributed by atoms with van der Waals surface area (Å²) in [6.45, 7) is 5.32. The molecule has 150 valence electrons. The molecular formula is C22H30N3O2S+. The molecule has 2 N–H and O–H groups in total. The van der Waals surface area contributed by atoms with Crippen molar-refractivity contribution in [3.05, 3.63) is 60.2 Å². The van der Waals surface area contributed by atoms with Gasteiger partial charge in [-0.15, -0.1) is 11.8 Å². The van der Waals surface area contributed by atoms with Crippen LogP contribution in [0.3, 0.4) is 0 Å². The van der Waals surface area contributed by atoms with Crippen LogP contribution in [0.4, 0.5) is 5.69 Å². The third-order valence-corrected chi connectivity index (χ3v) is 5.64. The summed E-state index contributed by atoms with van der Waals surface area (Å²) in [6, 6.07) is 17.4. The van der Waals surface area contributed by atoms with Crippen LogP contribution in [0.2, 0.25) is 0 Å². The minimum atomic E-state index is -0.301. The first-order valence-corrected chi connectivity index (χ1v) is 10.8. The number of para-hydroxylation sites is 1. The van der Waals surface area contributed by atoms with E-state index in [4.69, 9.17) is 0 Å². The number of anilines is 1. The molecule has 0 aliphatic rings. The maximum absolute atomic E-state index is 12.9. The lowest BCUT2D eigenvalue weighted by atomic mass is 10.2. The molecule has 2 rings (SSSR count). The number of amides is 2. The number of rotatable bonds is 9. The average Bonchev–Trinajstić information content (AvgIpc) is 2.71. The summed E-state index contributed by atoms with van der Waals surface area (Å²) in [4.78, 5) is 29.1. The van der Waals surface area contributed by atoms with Crippen molar-refractivity contribution >= 4 is 29.3 Å². The van der Waals surface area contributed by atoms with E-state index in [-0.39, 0.29) is 24.4 Å². The van der Waals surface area contributed by atoms with Gasteiger partial charge in [-0.2, -0.15) is 0 Å². The molecule has 6 heteroatoms. The zero-order chi connectivity index (χ0) is 20.5. The van der Waals surface area contributed by atoms with E-state index in [2.05, 4.69) is 5.32 Å². The monoisotopic (exact) mass is 400 g/mol. The van der Waals surface area contributed by atoms with Gasteiger partial charge >= 0.3 is 0 Å². The Hall–Kier alpha value is -2.31. The number of quaternary nitrogens is 1. The molecular weight excluding hydrogens is 370 g/mol. The van der Waals surface area contributed by atoms with Gasteiger partial charge in [0.1, 0.15) is 0 Å². The third-order valence-electron chi connectivity index (χ3n) is 4.84. The van der Waals surface area contributed by atoms with Gasteiger partial charge in [-0.1, -0.05) is 42.5 Å². The minimum Gasteiger partial charge on any atom is -0.334 e. The first-order chi connectivity index (χ1) is 13.5. The fraction of sp³-hybridized carbons (Fsp3) is 0.364. The third kappa shape index (κ3) is 6.11. The molecule has 28 heavy (non-hydrogen) atoms. The number of likely N-dealkylation sites (N-methyl/N-ethyl adjacent to an activating group) is 2. The molecule has 0 aliphatic heterocycles. The van der Waals surface area contributed by atoms with Gasteiger partial charge < -0.3 is 15.1 Å². The van der Waals surface area contributed by atoms with Gasteiger partial charge in [-0.25, -0.2) is 0 Å². The van der Waals surface area contributed by atoms with Gasteiger partial charge in [-0.05, 0) is 37.8 Å². The van der Waals surface area contributed by atoms with Crippen molar-refractivity contribution in [1.82, 2.24) is 4.90 Å². The molecule has 0 radical (unpaired) electrons. The number of thioether (sulfide) groups is 1. The predicted molar refractivity (Wildman–Crippen MR) is 116 cm³/mol. The second-order valence-corrected chi connectivity index (χ2v) is 7.68. The first-order valence-electron chi connectivity index (χ1n) is 9.54. The quantitative estimate of drug-likeness (QED) is 0.635. The van der Waals surface area contributed by atoms with Crippen LogP contribution in [0.1, 0.15) is 19.4 Å². The maximum atomic E-state index is 12.9. The van der Waals surface area contributed by atoms with Gasteiger partial charge in [0.15, 0.2) is 12.6 Å². The van der Waals surface area contributed by atoms with Crippen molar-refractivity contribution in [2.24, 2.45) is 0 Å². The zero-order valence-corrected chi connectivity index (χ0v) is 17.9. The highest BCUT2D eigenvalue weighted by Crippen LogP contribution is 2.24. The molecule has 0 spiro atoms. The fourth-order valence-corrected chi connectivity index (χ4v) is 3.54. The van der Waals surface area contributed by atoms with Crippen LogP contribution < -0.4 is 10.2 Å². The Labute approximate surface area is 172 Å². The summed E-state index contributed by atoms with van der Waals surface area (Å²) in [5.41, 5.74) is 1.92. The Morgan fingerprint density at radius 3 is 2.39 bits per heavy atom. The Balaban J connectivity index is 1.95. The molecule has 0 heterocycles. The van der Waals surface area contributed by atoms with Gasteiger partial charge in [-0.3, -0.25) is 9.59 Å². The number of carbonyl (C=O) groups is 2. The highest BCUT2D eigenvalue weighted by Gasteiger charge is 2.28. The van der Waals surface area contributed by atoms with Gasteiger partial charge in [0, 0.05) is 18.0 Å². The summed E-state index contributed by atoms with van der Waals surface area (Å²) in [5, 5.41) is 2.96. The van der Waals surface area contributed by atoms with E-state index in [9.17, 15) is 9.59 Å². The van der Waals surface area contributed by atoms with Crippen LogP contribution in [0.25, 0.3) is 0 Å². The first kappa shape index (κ1) is 22.0. The Kier molecular flexibility index (Phi) is 8.54. The molecule has 0 saturated heterocycles. The van der Waals surface area contributed by atoms with E-state index in [1.54, 1.807) is 11.8 Å². The molecule has 1 unspecified atom stereocenters. The second-order valence-electron chi connectivity index (χ2n) is 6.83. The van der Waals surface area contributed by atoms with Crippen molar-refractivity contribution in [2.75, 3.05) is 31.7 Å². The summed E-state index contributed by atoms with van der Waals surface area (Å²) < 4.78 is 0. The lowest BCUT2D eigenvalue weighted by molar-refractivity contribution is -0.886. The normalized spacial score (nSPS) is 12.9. The smallest absolute Gasteiger partial charge is 0.280 e. The van der Waals surface area contributed by atoms with Gasteiger partial charge in [0.25, 0.3) is 11.8 Å². The molecule has 0 aromatic heterocycles. The molecule has 0 bridgehead atoms. The summed E-state index contributed by atoms with van der Waals surface area (Å²) in [7, 11) is 1.89. The molecule has 5 nitrogen and oxygen atoms in total. The standard InChI is InChI=1S/C22H29N3O2S/c1-5-25(15-18-11-7-6-8-12-18)22(27)17(2)24(3)16-21(26)23-19-13-9-10-14-20(19)28-4/h6-14,17H,5,15-16H2,1-4H3,(H,23,26)/p+1/t17-/m0/s1. The van der Waals surface area contributed by atoms with E-state index in [1.165, 1.54) is 0 Å². The topological polar surface area (TPSA) is 53.9 Å². The van der Waals surface area contributed by atoms with Crippen LogP contribution in [-0.2, 0) is 16.1 Å². The van der Waals surface area contributed by atoms with Gasteiger partial charge in [0.05, 0.1) is 12.7 Å². The van der Waals surface area contributed by atoms with E-state index < -0.39 is 0 Å². The number of benzene rings is 2. The fourth-order valence-electron chi connectivity index (χ4n) is 2.98. The molecule has 2 amide bonds. The van der Waals surface area contributed by atoms with Crippen molar-refractivity contribution in [3.8, 4) is 0 Å². The number of hydrogen-bond donors (Lipinski definition) is 2. The number of carbonyl (C=O) groups excluding carboxylic acids is 2. The summed E-state index contributed by atoms with van der Waals surface area (Å²) in [6.07, 6.45) is 1.98. The lowest BCUT2D eigenvalue weighted by Crippen LogP contribution is -3.15. The molecule has 2 atom stereocenters. The Bertz CT molecular complexity index is 782. The summed E-state index contributed by atoms with van der Waals surface area (Å²) >= 11 is 1.59. The van der Waals surface area contributed by atoms with E-state index >= 15 is 0 Å². The number of nitrogens with one attached hydrogen (secondary N) is 2. The molecule has 2 aromatic carbocycles. The second kappa shape index (κ2) is 10.9. The SMILES string of the molecule is CCN(Cc1ccccc1)C(=O)[C@H](C)[NH+](C)CC(=O)Nc1ccccc1SC. The molecule has 2 aromatic rings. The van der Waals surface area contributed by atoms with Crippen molar-refractivity contribution < 1.29 is 14.5 Å². The summed E-state index contributed by atoms with van der Waals surface area (Å²) in [5.74, 6) is -0.0362. The van der Waals surface area contributed by atoms with Crippen molar-refractivity contribution in [1.29, 1.82) is 0 Å². The van der Waals surface area contributed by atoms with Crippen molar-refractivity contribution in [2.45, 2.75) is 31.3 Å². The van der Waals surface area contributed by atoms with Crippen LogP contribution in [0, 0.1) is 0 Å². The van der Waals surface area contributed by atoms with E-state index in [0.29, 0.717) is 13.1 Å². The van der Waals surface area contributed by atoms with E-state index in [1.807, 2.05) is 86.6 Å². The minimum absolute atomic E-state index is 0.0566.